The lowest BCUT2D eigenvalue weighted by Crippen LogP contribution is -2.21. The van der Waals surface area contributed by atoms with Crippen molar-refractivity contribution >= 4 is 21.6 Å². The van der Waals surface area contributed by atoms with Crippen molar-refractivity contribution in [3.63, 3.8) is 0 Å². The number of hydrogen-bond acceptors (Lipinski definition) is 7. The predicted octanol–water partition coefficient (Wildman–Crippen LogP) is -1.53. The highest BCUT2D eigenvalue weighted by Crippen LogP contribution is 2.22. The van der Waals surface area contributed by atoms with E-state index in [1.807, 2.05) is 0 Å². The molecule has 0 aromatic carbocycles. The zero-order valence-corrected chi connectivity index (χ0v) is 13.9. The van der Waals surface area contributed by atoms with E-state index in [1.165, 1.54) is 22.9 Å². The standard InChI is InChI=1S/C14H14N6O4S/c1-25(23,24)11-5-10(16-8-2-3-8)20-12(18-11)7(6-15-20)4-9-13(21)19-14(22)17-9/h4-6,8,21H,2-3H2,1H3,(H2,17,19,22). The van der Waals surface area contributed by atoms with Crippen LogP contribution in [0.5, 0.6) is 5.88 Å². The summed E-state index contributed by atoms with van der Waals surface area (Å²) in [5.74, 6) is -0.327. The molecule has 3 N–H and O–H groups in total. The molecule has 0 aliphatic heterocycles. The van der Waals surface area contributed by atoms with Crippen LogP contribution in [0, 0.1) is 0 Å². The molecule has 1 aliphatic rings. The number of H-pyrrole nitrogens is 2. The summed E-state index contributed by atoms with van der Waals surface area (Å²) < 4.78 is 25.3. The fourth-order valence-electron chi connectivity index (χ4n) is 2.36. The SMILES string of the molecule is CS(=O)(=O)c1cc(=NC2CC2)n2ncc(=Cc3[nH]c(=O)[nH]c3O)c2n1. The number of nitrogens with one attached hydrogen (secondary N) is 2. The fraction of sp³-hybridized carbons (Fsp3) is 0.286. The Morgan fingerprint density at radius 3 is 2.76 bits per heavy atom. The van der Waals surface area contributed by atoms with Gasteiger partial charge in [-0.15, -0.1) is 0 Å². The summed E-state index contributed by atoms with van der Waals surface area (Å²) in [6, 6.07) is 1.56. The molecular formula is C14H14N6O4S. The molecule has 0 spiro atoms. The first-order chi connectivity index (χ1) is 11.8. The van der Waals surface area contributed by atoms with Crippen molar-refractivity contribution < 1.29 is 13.5 Å². The van der Waals surface area contributed by atoms with E-state index < -0.39 is 15.5 Å². The van der Waals surface area contributed by atoms with Crippen LogP contribution in [0.25, 0.3) is 11.7 Å². The zero-order valence-electron chi connectivity index (χ0n) is 13.1. The lowest BCUT2D eigenvalue weighted by molar-refractivity contribution is 0.454. The van der Waals surface area contributed by atoms with E-state index in [-0.39, 0.29) is 28.3 Å². The summed E-state index contributed by atoms with van der Waals surface area (Å²) in [6.45, 7) is 0. The van der Waals surface area contributed by atoms with Gasteiger partial charge in [0, 0.05) is 17.5 Å². The number of fused-ring (bicyclic) bond motifs is 1. The van der Waals surface area contributed by atoms with E-state index in [4.69, 9.17) is 0 Å². The van der Waals surface area contributed by atoms with Crippen LogP contribution in [-0.4, -0.2) is 50.4 Å². The van der Waals surface area contributed by atoms with E-state index in [9.17, 15) is 18.3 Å². The van der Waals surface area contributed by atoms with Crippen LogP contribution in [0.1, 0.15) is 18.5 Å². The van der Waals surface area contributed by atoms with Gasteiger partial charge in [0.05, 0.1) is 12.2 Å². The Kier molecular flexibility index (Phi) is 3.29. The molecule has 11 heteroatoms. The summed E-state index contributed by atoms with van der Waals surface area (Å²) >= 11 is 0. The largest absolute Gasteiger partial charge is 0.493 e. The Morgan fingerprint density at radius 1 is 1.40 bits per heavy atom. The molecule has 3 aromatic rings. The molecule has 0 atom stereocenters. The van der Waals surface area contributed by atoms with Crippen LogP contribution in [-0.2, 0) is 9.84 Å². The van der Waals surface area contributed by atoms with E-state index >= 15 is 0 Å². The van der Waals surface area contributed by atoms with Crippen molar-refractivity contribution in [1.29, 1.82) is 0 Å². The Bertz CT molecular complexity index is 1260. The number of hydrogen-bond donors (Lipinski definition) is 3. The molecule has 3 heterocycles. The second kappa shape index (κ2) is 5.28. The highest BCUT2D eigenvalue weighted by Gasteiger charge is 2.21. The van der Waals surface area contributed by atoms with E-state index in [1.54, 1.807) is 0 Å². The van der Waals surface area contributed by atoms with Crippen molar-refractivity contribution in [1.82, 2.24) is 24.6 Å². The maximum atomic E-state index is 11.9. The van der Waals surface area contributed by atoms with Crippen LogP contribution in [0.15, 0.2) is 27.1 Å². The predicted molar refractivity (Wildman–Crippen MR) is 86.5 cm³/mol. The van der Waals surface area contributed by atoms with E-state index in [0.717, 1.165) is 19.1 Å². The van der Waals surface area contributed by atoms with Gasteiger partial charge < -0.3 is 10.1 Å². The first-order valence-corrected chi connectivity index (χ1v) is 9.36. The minimum absolute atomic E-state index is 0.110. The average Bonchev–Trinajstić information content (AvgIpc) is 3.15. The quantitative estimate of drug-likeness (QED) is 0.482. The monoisotopic (exact) mass is 362 g/mol. The average molecular weight is 362 g/mol. The first-order valence-electron chi connectivity index (χ1n) is 7.47. The van der Waals surface area contributed by atoms with Crippen molar-refractivity contribution in [3.8, 4) is 5.88 Å². The van der Waals surface area contributed by atoms with Gasteiger partial charge in [-0.3, -0.25) is 9.98 Å². The normalized spacial score (nSPS) is 16.8. The van der Waals surface area contributed by atoms with Gasteiger partial charge in [-0.2, -0.15) is 9.61 Å². The number of sulfone groups is 1. The summed E-state index contributed by atoms with van der Waals surface area (Å²) in [6.07, 6.45) is 5.90. The van der Waals surface area contributed by atoms with Crippen molar-refractivity contribution in [3.05, 3.63) is 39.1 Å². The van der Waals surface area contributed by atoms with Crippen LogP contribution in [0.3, 0.4) is 0 Å². The third kappa shape index (κ3) is 2.93. The molecule has 0 amide bonds. The summed E-state index contributed by atoms with van der Waals surface area (Å²) in [4.78, 5) is 24.5. The van der Waals surface area contributed by atoms with Gasteiger partial charge >= 0.3 is 5.69 Å². The summed E-state index contributed by atoms with van der Waals surface area (Å²) in [5, 5.41) is 14.2. The highest BCUT2D eigenvalue weighted by atomic mass is 32.2. The Balaban J connectivity index is 2.05. The van der Waals surface area contributed by atoms with Crippen molar-refractivity contribution in [2.45, 2.75) is 23.9 Å². The third-order valence-electron chi connectivity index (χ3n) is 3.73. The second-order valence-corrected chi connectivity index (χ2v) is 7.87. The molecular weight excluding hydrogens is 348 g/mol. The zero-order chi connectivity index (χ0) is 17.8. The topological polar surface area (TPSA) is 146 Å². The first kappa shape index (κ1) is 15.6. The van der Waals surface area contributed by atoms with Crippen molar-refractivity contribution in [2.75, 3.05) is 6.26 Å². The molecule has 0 saturated heterocycles. The van der Waals surface area contributed by atoms with Gasteiger partial charge in [0.25, 0.3) is 0 Å². The van der Waals surface area contributed by atoms with Crippen LogP contribution >= 0.6 is 0 Å². The van der Waals surface area contributed by atoms with Crippen molar-refractivity contribution in [2.24, 2.45) is 4.99 Å². The minimum atomic E-state index is -3.54. The van der Waals surface area contributed by atoms with Gasteiger partial charge in [-0.05, 0) is 18.9 Å². The fourth-order valence-corrected chi connectivity index (χ4v) is 2.94. The van der Waals surface area contributed by atoms with E-state index in [2.05, 4.69) is 25.0 Å². The lowest BCUT2D eigenvalue weighted by atomic mass is 10.3. The highest BCUT2D eigenvalue weighted by molar-refractivity contribution is 7.90. The molecule has 25 heavy (non-hydrogen) atoms. The molecule has 130 valence electrons. The molecule has 1 saturated carbocycles. The number of aromatic hydroxyl groups is 1. The molecule has 1 fully saturated rings. The molecule has 10 nitrogen and oxygen atoms in total. The number of nitrogens with zero attached hydrogens (tertiary/aromatic N) is 4. The smallest absolute Gasteiger partial charge is 0.326 e. The van der Waals surface area contributed by atoms with Crippen LogP contribution in [0.4, 0.5) is 0 Å². The Labute approximate surface area is 140 Å². The van der Waals surface area contributed by atoms with Gasteiger partial charge in [0.1, 0.15) is 5.69 Å². The maximum absolute atomic E-state index is 11.9. The third-order valence-corrected chi connectivity index (χ3v) is 4.70. The molecule has 0 bridgehead atoms. The molecule has 0 unspecified atom stereocenters. The number of aromatic nitrogens is 5. The summed E-state index contributed by atoms with van der Waals surface area (Å²) in [5.41, 5.74) is 0.254. The Hall–Kier alpha value is -2.95. The second-order valence-electron chi connectivity index (χ2n) is 5.91. The van der Waals surface area contributed by atoms with Gasteiger partial charge in [0.15, 0.2) is 26.0 Å². The van der Waals surface area contributed by atoms with E-state index in [0.29, 0.717) is 10.7 Å². The molecule has 3 aromatic heterocycles. The van der Waals surface area contributed by atoms with Gasteiger partial charge in [-0.1, -0.05) is 0 Å². The van der Waals surface area contributed by atoms with Gasteiger partial charge in [0.2, 0.25) is 5.88 Å². The van der Waals surface area contributed by atoms with Gasteiger partial charge in [-0.25, -0.2) is 18.2 Å². The Morgan fingerprint density at radius 2 is 2.16 bits per heavy atom. The molecule has 4 rings (SSSR count). The number of aromatic amines is 2. The number of rotatable bonds is 3. The summed E-state index contributed by atoms with van der Waals surface area (Å²) in [7, 11) is -3.54. The minimum Gasteiger partial charge on any atom is -0.493 e. The van der Waals surface area contributed by atoms with Crippen LogP contribution in [0.2, 0.25) is 0 Å². The van der Waals surface area contributed by atoms with Crippen LogP contribution < -0.4 is 16.4 Å². The molecule has 1 aliphatic carbocycles. The lowest BCUT2D eigenvalue weighted by Gasteiger charge is -2.00. The molecule has 0 radical (unpaired) electrons. The number of imidazole rings is 1. The maximum Gasteiger partial charge on any atom is 0.326 e.